The minimum Gasteiger partial charge on any atom is -0.337 e. The predicted molar refractivity (Wildman–Crippen MR) is 46.8 cm³/mol. The molecule has 12 heavy (non-hydrogen) atoms. The second kappa shape index (κ2) is 3.72. The van der Waals surface area contributed by atoms with Gasteiger partial charge in [0.1, 0.15) is 0 Å². The number of hydrogen-bond acceptors (Lipinski definition) is 1. The number of imidazole rings is 1. The first-order valence-corrected chi connectivity index (χ1v) is 4.54. The van der Waals surface area contributed by atoms with Gasteiger partial charge in [-0.1, -0.05) is 0 Å². The molecule has 1 aliphatic heterocycles. The fourth-order valence-corrected chi connectivity index (χ4v) is 1.68. The maximum atomic E-state index is 4.33. The van der Waals surface area contributed by atoms with Crippen molar-refractivity contribution in [2.24, 2.45) is 5.92 Å². The van der Waals surface area contributed by atoms with E-state index in [0.29, 0.717) is 0 Å². The molecule has 1 aromatic rings. The van der Waals surface area contributed by atoms with Crippen molar-refractivity contribution in [3.05, 3.63) is 18.7 Å². The van der Waals surface area contributed by atoms with Gasteiger partial charge in [0, 0.05) is 32.0 Å². The molecule has 2 rings (SSSR count). The highest BCUT2D eigenvalue weighted by molar-refractivity contribution is 4.77. The summed E-state index contributed by atoms with van der Waals surface area (Å²) in [5, 5.41) is 4.33. The number of nitrogens with zero attached hydrogens (tertiary/aromatic N) is 3. The molecule has 1 radical (unpaired) electrons. The Labute approximate surface area is 72.8 Å². The normalized spacial score (nSPS) is 19.7. The van der Waals surface area contributed by atoms with Crippen LogP contribution in [0.1, 0.15) is 12.8 Å². The van der Waals surface area contributed by atoms with E-state index in [9.17, 15) is 0 Å². The lowest BCUT2D eigenvalue weighted by molar-refractivity contribution is 0.329. The Morgan fingerprint density at radius 3 is 2.83 bits per heavy atom. The van der Waals surface area contributed by atoms with Crippen LogP contribution in [0.4, 0.5) is 0 Å². The van der Waals surface area contributed by atoms with Crippen LogP contribution in [-0.2, 0) is 6.54 Å². The first kappa shape index (κ1) is 7.80. The molecule has 0 unspecified atom stereocenters. The van der Waals surface area contributed by atoms with Crippen LogP contribution >= 0.6 is 0 Å². The third-order valence-corrected chi connectivity index (χ3v) is 2.42. The molecular formula is C9H14N3. The largest absolute Gasteiger partial charge is 0.337 e. The molecule has 1 fully saturated rings. The van der Waals surface area contributed by atoms with Crippen LogP contribution in [0.3, 0.4) is 0 Å². The van der Waals surface area contributed by atoms with Gasteiger partial charge in [-0.2, -0.15) is 0 Å². The third kappa shape index (κ3) is 1.85. The molecule has 0 amide bonds. The first-order chi connectivity index (χ1) is 5.95. The first-order valence-electron chi connectivity index (χ1n) is 4.54. The Morgan fingerprint density at radius 1 is 1.33 bits per heavy atom. The second-order valence-corrected chi connectivity index (χ2v) is 3.37. The van der Waals surface area contributed by atoms with Crippen molar-refractivity contribution in [3.8, 4) is 0 Å². The summed E-state index contributed by atoms with van der Waals surface area (Å²) in [5.74, 6) is 0.816. The molecule has 2 heterocycles. The van der Waals surface area contributed by atoms with Crippen LogP contribution in [0.2, 0.25) is 0 Å². The van der Waals surface area contributed by atoms with Gasteiger partial charge in [0.2, 0.25) is 0 Å². The summed E-state index contributed by atoms with van der Waals surface area (Å²) in [6, 6.07) is 0. The topological polar surface area (TPSA) is 31.9 Å². The molecule has 3 heteroatoms. The van der Waals surface area contributed by atoms with Gasteiger partial charge in [0.05, 0.1) is 6.33 Å². The van der Waals surface area contributed by atoms with Gasteiger partial charge < -0.3 is 4.57 Å². The zero-order valence-electron chi connectivity index (χ0n) is 7.19. The van der Waals surface area contributed by atoms with E-state index in [2.05, 4.69) is 14.9 Å². The fraction of sp³-hybridized carbons (Fsp3) is 0.667. The standard InChI is InChI=1S/C9H14N3/c1-3-10-4-2-9(1)7-12-6-5-11-8-12/h5-6,8-9H,1-4,7H2. The van der Waals surface area contributed by atoms with Crippen LogP contribution < -0.4 is 5.32 Å². The average molecular weight is 164 g/mol. The summed E-state index contributed by atoms with van der Waals surface area (Å²) in [6.45, 7) is 3.23. The smallest absolute Gasteiger partial charge is 0.0945 e. The molecule has 1 aromatic heterocycles. The second-order valence-electron chi connectivity index (χ2n) is 3.37. The van der Waals surface area contributed by atoms with Crippen LogP contribution in [0.25, 0.3) is 0 Å². The zero-order chi connectivity index (χ0) is 8.23. The Balaban J connectivity index is 1.86. The summed E-state index contributed by atoms with van der Waals surface area (Å²) in [4.78, 5) is 4.03. The van der Waals surface area contributed by atoms with E-state index in [1.165, 1.54) is 12.8 Å². The summed E-state index contributed by atoms with van der Waals surface area (Å²) in [5.41, 5.74) is 0. The van der Waals surface area contributed by atoms with Crippen molar-refractivity contribution in [2.75, 3.05) is 13.1 Å². The van der Waals surface area contributed by atoms with Crippen LogP contribution in [0.5, 0.6) is 0 Å². The van der Waals surface area contributed by atoms with Crippen molar-refractivity contribution in [3.63, 3.8) is 0 Å². The highest BCUT2D eigenvalue weighted by atomic mass is 15.0. The Morgan fingerprint density at radius 2 is 2.17 bits per heavy atom. The molecule has 65 valence electrons. The van der Waals surface area contributed by atoms with E-state index in [4.69, 9.17) is 0 Å². The third-order valence-electron chi connectivity index (χ3n) is 2.42. The Bertz CT molecular complexity index is 212. The molecule has 0 atom stereocenters. The lowest BCUT2D eigenvalue weighted by Gasteiger charge is -2.21. The minimum absolute atomic E-state index is 0.816. The highest BCUT2D eigenvalue weighted by Gasteiger charge is 2.13. The molecule has 0 aromatic carbocycles. The van der Waals surface area contributed by atoms with Crippen LogP contribution in [0.15, 0.2) is 18.7 Å². The fourth-order valence-electron chi connectivity index (χ4n) is 1.68. The maximum Gasteiger partial charge on any atom is 0.0945 e. The Hall–Kier alpha value is -0.830. The SMILES string of the molecule is c1cn(CC2CC[N]CC2)cn1. The van der Waals surface area contributed by atoms with Crippen LogP contribution in [0, 0.1) is 5.92 Å². The summed E-state index contributed by atoms with van der Waals surface area (Å²) < 4.78 is 2.16. The lowest BCUT2D eigenvalue weighted by Crippen LogP contribution is -2.25. The quantitative estimate of drug-likeness (QED) is 0.639. The molecule has 0 bridgehead atoms. The lowest BCUT2D eigenvalue weighted by atomic mass is 9.98. The monoisotopic (exact) mass is 164 g/mol. The number of rotatable bonds is 2. The van der Waals surface area contributed by atoms with E-state index in [0.717, 1.165) is 25.6 Å². The molecule has 1 saturated heterocycles. The van der Waals surface area contributed by atoms with Gasteiger partial charge in [0.25, 0.3) is 0 Å². The van der Waals surface area contributed by atoms with E-state index < -0.39 is 0 Å². The number of piperidine rings is 1. The molecular weight excluding hydrogens is 150 g/mol. The van der Waals surface area contributed by atoms with Crippen molar-refractivity contribution >= 4 is 0 Å². The molecule has 0 N–H and O–H groups in total. The zero-order valence-corrected chi connectivity index (χ0v) is 7.19. The van der Waals surface area contributed by atoms with Gasteiger partial charge in [0.15, 0.2) is 0 Å². The van der Waals surface area contributed by atoms with Gasteiger partial charge in [-0.05, 0) is 18.8 Å². The summed E-state index contributed by atoms with van der Waals surface area (Å²) >= 11 is 0. The van der Waals surface area contributed by atoms with Crippen LogP contribution in [-0.4, -0.2) is 22.6 Å². The van der Waals surface area contributed by atoms with E-state index >= 15 is 0 Å². The van der Waals surface area contributed by atoms with Gasteiger partial charge >= 0.3 is 0 Å². The number of hydrogen-bond donors (Lipinski definition) is 0. The highest BCUT2D eigenvalue weighted by Crippen LogP contribution is 2.14. The maximum absolute atomic E-state index is 4.33. The van der Waals surface area contributed by atoms with E-state index in [1.807, 2.05) is 18.7 Å². The molecule has 0 saturated carbocycles. The van der Waals surface area contributed by atoms with E-state index in [-0.39, 0.29) is 0 Å². The Kier molecular flexibility index (Phi) is 2.42. The van der Waals surface area contributed by atoms with Gasteiger partial charge in [-0.3, -0.25) is 0 Å². The molecule has 3 nitrogen and oxygen atoms in total. The van der Waals surface area contributed by atoms with Crippen molar-refractivity contribution < 1.29 is 0 Å². The predicted octanol–water partition coefficient (Wildman–Crippen LogP) is 0.897. The minimum atomic E-state index is 0.816. The van der Waals surface area contributed by atoms with Crippen molar-refractivity contribution in [1.29, 1.82) is 0 Å². The molecule has 0 spiro atoms. The average Bonchev–Trinajstić information content (AvgIpc) is 2.59. The summed E-state index contributed by atoms with van der Waals surface area (Å²) in [7, 11) is 0. The van der Waals surface area contributed by atoms with Crippen molar-refractivity contribution in [2.45, 2.75) is 19.4 Å². The number of aromatic nitrogens is 2. The molecule has 0 aliphatic carbocycles. The van der Waals surface area contributed by atoms with Gasteiger partial charge in [-0.25, -0.2) is 10.3 Å². The van der Waals surface area contributed by atoms with E-state index in [1.54, 1.807) is 0 Å². The van der Waals surface area contributed by atoms with Gasteiger partial charge in [-0.15, -0.1) is 0 Å². The molecule has 1 aliphatic rings. The van der Waals surface area contributed by atoms with Crippen molar-refractivity contribution in [1.82, 2.24) is 14.9 Å². The summed E-state index contributed by atoms with van der Waals surface area (Å²) in [6.07, 6.45) is 8.26.